The molecule has 2 aliphatic rings. The summed E-state index contributed by atoms with van der Waals surface area (Å²) in [5.41, 5.74) is 0.871. The third-order valence-corrected chi connectivity index (χ3v) is 8.05. The number of hydrogen-bond acceptors (Lipinski definition) is 4. The van der Waals surface area contributed by atoms with Crippen LogP contribution in [0.4, 0.5) is 27.6 Å². The summed E-state index contributed by atoms with van der Waals surface area (Å²) in [7, 11) is 0. The van der Waals surface area contributed by atoms with E-state index in [9.17, 15) is 31.5 Å². The third kappa shape index (κ3) is 4.57. The van der Waals surface area contributed by atoms with E-state index in [1.165, 1.54) is 28.3 Å². The maximum Gasteiger partial charge on any atom is 0.275 e. The molecule has 210 valence electrons. The van der Waals surface area contributed by atoms with Gasteiger partial charge in [-0.25, -0.2) is 26.6 Å². The molecule has 0 N–H and O–H groups in total. The summed E-state index contributed by atoms with van der Waals surface area (Å²) in [5, 5.41) is 4.34. The van der Waals surface area contributed by atoms with Gasteiger partial charge in [0.25, 0.3) is 5.91 Å². The molecule has 0 spiro atoms. The molecule has 6 rings (SSSR count). The number of benzene rings is 2. The van der Waals surface area contributed by atoms with Crippen LogP contribution in [-0.2, 0) is 11.2 Å². The molecule has 1 saturated heterocycles. The Morgan fingerprint density at radius 2 is 1.66 bits per heavy atom. The van der Waals surface area contributed by atoms with E-state index in [0.29, 0.717) is 24.0 Å². The first-order valence-corrected chi connectivity index (χ1v) is 13.4. The van der Waals surface area contributed by atoms with E-state index in [0.717, 1.165) is 22.9 Å². The first-order valence-electron chi connectivity index (χ1n) is 12.6. The molecule has 0 bridgehead atoms. The minimum atomic E-state index is -1.64. The first-order chi connectivity index (χ1) is 19.7. The van der Waals surface area contributed by atoms with Crippen molar-refractivity contribution < 1.29 is 31.5 Å². The second kappa shape index (κ2) is 10.4. The maximum absolute atomic E-state index is 14.6. The van der Waals surface area contributed by atoms with Crippen molar-refractivity contribution in [2.45, 2.75) is 25.3 Å². The van der Waals surface area contributed by atoms with Crippen molar-refractivity contribution in [1.82, 2.24) is 19.7 Å². The summed E-state index contributed by atoms with van der Waals surface area (Å²) >= 11 is 3.41. The van der Waals surface area contributed by atoms with Crippen LogP contribution in [0.25, 0.3) is 16.9 Å². The van der Waals surface area contributed by atoms with Crippen molar-refractivity contribution in [3.63, 3.8) is 0 Å². The summed E-state index contributed by atoms with van der Waals surface area (Å²) < 4.78 is 71.8. The number of carbonyl (C=O) groups is 2. The van der Waals surface area contributed by atoms with Gasteiger partial charge in [0.2, 0.25) is 5.91 Å². The van der Waals surface area contributed by atoms with Gasteiger partial charge in [0.05, 0.1) is 28.0 Å². The lowest BCUT2D eigenvalue weighted by atomic mass is 10.0. The zero-order chi connectivity index (χ0) is 29.0. The minimum Gasteiger partial charge on any atom is -0.337 e. The number of fused-ring (bicyclic) bond motifs is 1. The van der Waals surface area contributed by atoms with Gasteiger partial charge in [-0.1, -0.05) is 6.07 Å². The summed E-state index contributed by atoms with van der Waals surface area (Å²) in [6.07, 6.45) is 3.57. The number of carbonyl (C=O) groups excluding carboxylic acids is 2. The van der Waals surface area contributed by atoms with Crippen molar-refractivity contribution in [2.24, 2.45) is 0 Å². The van der Waals surface area contributed by atoms with Crippen LogP contribution in [0.3, 0.4) is 0 Å². The fourth-order valence-corrected chi connectivity index (χ4v) is 6.00. The van der Waals surface area contributed by atoms with Crippen LogP contribution in [0.1, 0.15) is 28.9 Å². The van der Waals surface area contributed by atoms with Gasteiger partial charge in [0, 0.05) is 49.2 Å². The number of piperidine rings is 1. The van der Waals surface area contributed by atoms with E-state index in [1.807, 2.05) is 0 Å². The van der Waals surface area contributed by atoms with Crippen molar-refractivity contribution in [3.05, 3.63) is 93.6 Å². The lowest BCUT2D eigenvalue weighted by molar-refractivity contribution is -0.118. The maximum atomic E-state index is 14.6. The van der Waals surface area contributed by atoms with E-state index in [1.54, 1.807) is 12.1 Å². The molecule has 2 aromatic carbocycles. The number of anilines is 1. The predicted molar refractivity (Wildman–Crippen MR) is 141 cm³/mol. The van der Waals surface area contributed by atoms with Crippen LogP contribution in [0.5, 0.6) is 0 Å². The highest BCUT2D eigenvalue weighted by Gasteiger charge is 2.39. The first kappa shape index (κ1) is 27.1. The third-order valence-electron chi connectivity index (χ3n) is 7.30. The van der Waals surface area contributed by atoms with E-state index in [2.05, 4.69) is 26.0 Å². The zero-order valence-electron chi connectivity index (χ0n) is 21.1. The number of aromatic nitrogens is 3. The van der Waals surface area contributed by atoms with Crippen molar-refractivity contribution in [3.8, 4) is 16.9 Å². The zero-order valence-corrected chi connectivity index (χ0v) is 22.6. The Morgan fingerprint density at radius 3 is 2.32 bits per heavy atom. The summed E-state index contributed by atoms with van der Waals surface area (Å²) in [6, 6.07) is 6.78. The fourth-order valence-electron chi connectivity index (χ4n) is 5.36. The molecule has 0 radical (unpaired) electrons. The molecule has 2 amide bonds. The van der Waals surface area contributed by atoms with Gasteiger partial charge in [0.15, 0.2) is 34.8 Å². The lowest BCUT2D eigenvalue weighted by Crippen LogP contribution is -2.48. The van der Waals surface area contributed by atoms with Crippen molar-refractivity contribution in [2.75, 3.05) is 18.0 Å². The second-order valence-electron chi connectivity index (χ2n) is 9.72. The molecule has 0 saturated carbocycles. The molecule has 0 atom stereocenters. The molecule has 1 fully saturated rings. The molecule has 13 heteroatoms. The molecular weight excluding hydrogens is 613 g/mol. The molecule has 4 heterocycles. The van der Waals surface area contributed by atoms with Gasteiger partial charge in [-0.05, 0) is 52.5 Å². The van der Waals surface area contributed by atoms with Crippen LogP contribution < -0.4 is 4.90 Å². The normalized spacial score (nSPS) is 15.5. The Balaban J connectivity index is 1.30. The van der Waals surface area contributed by atoms with Gasteiger partial charge < -0.3 is 9.80 Å². The van der Waals surface area contributed by atoms with E-state index >= 15 is 0 Å². The SMILES string of the molecule is O=C(c1nn(-c2cc(F)c(F)c(F)c2)c(-c2cccnc2)c1Br)N1CCC(N2C(=O)Cc3ccc(F)c(F)c32)CC1. The molecule has 7 nitrogen and oxygen atoms in total. The van der Waals surface area contributed by atoms with Crippen LogP contribution in [0, 0.1) is 29.1 Å². The number of rotatable bonds is 4. The average molecular weight is 632 g/mol. The summed E-state index contributed by atoms with van der Waals surface area (Å²) in [6.45, 7) is 0.363. The second-order valence-corrected chi connectivity index (χ2v) is 10.5. The van der Waals surface area contributed by atoms with Crippen LogP contribution in [0.15, 0.2) is 53.3 Å². The largest absolute Gasteiger partial charge is 0.337 e. The predicted octanol–water partition coefficient (Wildman–Crippen LogP) is 5.59. The minimum absolute atomic E-state index is 0.0300. The molecule has 0 unspecified atom stereocenters. The summed E-state index contributed by atoms with van der Waals surface area (Å²) in [5.74, 6) is -7.44. The van der Waals surface area contributed by atoms with E-state index in [-0.39, 0.29) is 52.7 Å². The standard InChI is InChI=1S/C28H19BrF5N5O2/c29-22-25(36-39(26(22)15-2-1-7-35-13-15)17-11-19(31)23(33)20(32)12-17)28(41)37-8-5-16(6-9-37)38-21(40)10-14-3-4-18(30)24(34)27(14)38/h1-4,7,11-13,16H,5-6,8-10H2. The number of amides is 2. The van der Waals surface area contributed by atoms with Gasteiger partial charge >= 0.3 is 0 Å². The van der Waals surface area contributed by atoms with Gasteiger partial charge in [-0.15, -0.1) is 0 Å². The highest BCUT2D eigenvalue weighted by atomic mass is 79.9. The molecule has 41 heavy (non-hydrogen) atoms. The summed E-state index contributed by atoms with van der Waals surface area (Å²) in [4.78, 5) is 33.2. The monoisotopic (exact) mass is 631 g/mol. The Labute approximate surface area is 238 Å². The van der Waals surface area contributed by atoms with Crippen LogP contribution in [0.2, 0.25) is 0 Å². The van der Waals surface area contributed by atoms with E-state index in [4.69, 9.17) is 0 Å². The number of likely N-dealkylation sites (tertiary alicyclic amines) is 1. The fraction of sp³-hybridized carbons (Fsp3) is 0.214. The molecule has 4 aromatic rings. The highest BCUT2D eigenvalue weighted by Crippen LogP contribution is 2.38. The van der Waals surface area contributed by atoms with E-state index < -0.39 is 41.0 Å². The van der Waals surface area contributed by atoms with Gasteiger partial charge in [-0.2, -0.15) is 5.10 Å². The molecular formula is C28H19BrF5N5O2. The van der Waals surface area contributed by atoms with Gasteiger partial charge in [0.1, 0.15) is 0 Å². The number of nitrogens with zero attached hydrogens (tertiary/aromatic N) is 5. The Bertz CT molecular complexity index is 1680. The highest BCUT2D eigenvalue weighted by molar-refractivity contribution is 9.10. The molecule has 2 aliphatic heterocycles. The smallest absolute Gasteiger partial charge is 0.275 e. The molecule has 2 aromatic heterocycles. The van der Waals surface area contributed by atoms with Crippen molar-refractivity contribution >= 4 is 33.4 Å². The lowest BCUT2D eigenvalue weighted by Gasteiger charge is -2.36. The van der Waals surface area contributed by atoms with Crippen molar-refractivity contribution in [1.29, 1.82) is 0 Å². The Morgan fingerprint density at radius 1 is 0.951 bits per heavy atom. The Kier molecular flexibility index (Phi) is 6.84. The van der Waals surface area contributed by atoms with Crippen LogP contribution in [-0.4, -0.2) is 50.6 Å². The average Bonchev–Trinajstić information content (AvgIpc) is 3.50. The number of pyridine rings is 1. The number of hydrogen-bond donors (Lipinski definition) is 0. The van der Waals surface area contributed by atoms with Gasteiger partial charge in [-0.3, -0.25) is 14.6 Å². The Hall–Kier alpha value is -4.13. The number of halogens is 6. The van der Waals surface area contributed by atoms with Crippen LogP contribution >= 0.6 is 15.9 Å². The quantitative estimate of drug-likeness (QED) is 0.218. The topological polar surface area (TPSA) is 71.3 Å². The molecule has 0 aliphatic carbocycles.